The molecule has 1 aliphatic heterocycles. The van der Waals surface area contributed by atoms with Crippen molar-refractivity contribution in [3.05, 3.63) is 89.0 Å². The lowest BCUT2D eigenvalue weighted by Crippen LogP contribution is -2.32. The first kappa shape index (κ1) is 27.3. The van der Waals surface area contributed by atoms with E-state index in [9.17, 15) is 4.57 Å². The minimum atomic E-state index is -3.57. The van der Waals surface area contributed by atoms with Crippen molar-refractivity contribution < 1.29 is 23.1 Å². The van der Waals surface area contributed by atoms with Crippen molar-refractivity contribution >= 4 is 23.9 Å². The van der Waals surface area contributed by atoms with Crippen LogP contribution in [0.25, 0.3) is 11.0 Å². The van der Waals surface area contributed by atoms with Crippen LogP contribution in [0.1, 0.15) is 36.1 Å². The summed E-state index contributed by atoms with van der Waals surface area (Å²) >= 11 is 0. The first-order valence-electron chi connectivity index (χ1n) is 13.3. The molecule has 0 amide bonds. The van der Waals surface area contributed by atoms with E-state index < -0.39 is 7.60 Å². The van der Waals surface area contributed by atoms with Gasteiger partial charge in [-0.2, -0.15) is 0 Å². The van der Waals surface area contributed by atoms with Gasteiger partial charge in [-0.05, 0) is 55.6 Å². The molecule has 1 aromatic heterocycles. The van der Waals surface area contributed by atoms with Crippen LogP contribution in [0.3, 0.4) is 0 Å². The molecular weight excluding hydrogens is 513 g/mol. The standard InChI is InChI=1S/C30H34N3O5P/c1-4-37-39(34,38-5-2)27-18-26-28(24-16-17-33(3)19-25(24)27)32-30(36-21-23-14-10-7-11-15-23)29(31-26)35-20-22-12-8-6-9-13-22/h6-15,18H,4-5,16-17,19-21H2,1-3H3. The lowest BCUT2D eigenvalue weighted by Gasteiger charge is -2.30. The maximum Gasteiger partial charge on any atom is 0.361 e. The molecule has 1 aliphatic rings. The molecule has 0 atom stereocenters. The number of aromatic nitrogens is 2. The van der Waals surface area contributed by atoms with Crippen molar-refractivity contribution in [3.63, 3.8) is 0 Å². The van der Waals surface area contributed by atoms with E-state index in [0.717, 1.165) is 40.7 Å². The van der Waals surface area contributed by atoms with Crippen LogP contribution in [0.15, 0.2) is 66.7 Å². The number of hydrogen-bond donors (Lipinski definition) is 0. The van der Waals surface area contributed by atoms with Crippen LogP contribution in [0.5, 0.6) is 11.8 Å². The first-order chi connectivity index (χ1) is 19.0. The molecule has 0 saturated carbocycles. The Kier molecular flexibility index (Phi) is 8.58. The predicted molar refractivity (Wildman–Crippen MR) is 152 cm³/mol. The fraction of sp³-hybridized carbons (Fsp3) is 0.333. The third-order valence-electron chi connectivity index (χ3n) is 6.60. The van der Waals surface area contributed by atoms with Crippen molar-refractivity contribution in [2.75, 3.05) is 26.8 Å². The fourth-order valence-corrected chi connectivity index (χ4v) is 6.60. The molecule has 0 spiro atoms. The highest BCUT2D eigenvalue weighted by Crippen LogP contribution is 2.49. The summed E-state index contributed by atoms with van der Waals surface area (Å²) in [5.74, 6) is 0.609. The molecule has 3 aromatic carbocycles. The maximum atomic E-state index is 14.0. The van der Waals surface area contributed by atoms with Crippen LogP contribution in [0, 0.1) is 0 Å². The summed E-state index contributed by atoms with van der Waals surface area (Å²) in [5, 5.41) is 0.543. The van der Waals surface area contributed by atoms with E-state index in [0.29, 0.717) is 36.5 Å². The molecule has 9 heteroatoms. The van der Waals surface area contributed by atoms with Crippen LogP contribution < -0.4 is 14.8 Å². The molecule has 5 rings (SSSR count). The quantitative estimate of drug-likeness (QED) is 0.222. The van der Waals surface area contributed by atoms with Crippen LogP contribution in [0.4, 0.5) is 0 Å². The Hall–Kier alpha value is -3.29. The zero-order chi connectivity index (χ0) is 27.2. The number of fused-ring (bicyclic) bond motifs is 3. The Labute approximate surface area is 229 Å². The smallest absolute Gasteiger partial charge is 0.361 e. The van der Waals surface area contributed by atoms with Crippen LogP contribution in [-0.2, 0) is 39.8 Å². The molecule has 0 N–H and O–H groups in total. The minimum Gasteiger partial charge on any atom is -0.469 e. The Morgan fingerprint density at radius 3 is 1.95 bits per heavy atom. The zero-order valence-corrected chi connectivity index (χ0v) is 23.5. The van der Waals surface area contributed by atoms with Crippen LogP contribution >= 0.6 is 7.60 Å². The van der Waals surface area contributed by atoms with Crippen LogP contribution in [-0.4, -0.2) is 41.7 Å². The monoisotopic (exact) mass is 547 g/mol. The van der Waals surface area contributed by atoms with Gasteiger partial charge in [0.2, 0.25) is 0 Å². The summed E-state index contributed by atoms with van der Waals surface area (Å²) in [7, 11) is -1.53. The molecule has 0 bridgehead atoms. The summed E-state index contributed by atoms with van der Waals surface area (Å²) in [5.41, 5.74) is 5.22. The summed E-state index contributed by atoms with van der Waals surface area (Å²) in [6.45, 7) is 6.25. The fourth-order valence-electron chi connectivity index (χ4n) is 4.75. The van der Waals surface area contributed by atoms with Gasteiger partial charge in [0.1, 0.15) is 13.2 Å². The molecule has 8 nitrogen and oxygen atoms in total. The van der Waals surface area contributed by atoms with Gasteiger partial charge < -0.3 is 23.4 Å². The third kappa shape index (κ3) is 6.15. The van der Waals surface area contributed by atoms with Gasteiger partial charge in [-0.1, -0.05) is 60.7 Å². The maximum absolute atomic E-state index is 14.0. The molecular formula is C30H34N3O5P. The van der Waals surface area contributed by atoms with Crippen molar-refractivity contribution in [2.45, 2.75) is 40.0 Å². The summed E-state index contributed by atoms with van der Waals surface area (Å²) in [6, 6.07) is 21.6. The number of benzene rings is 3. The summed E-state index contributed by atoms with van der Waals surface area (Å²) < 4.78 is 37.9. The Morgan fingerprint density at radius 2 is 1.38 bits per heavy atom. The Balaban J connectivity index is 1.63. The topological polar surface area (TPSA) is 83.0 Å². The van der Waals surface area contributed by atoms with Crippen molar-refractivity contribution in [3.8, 4) is 11.8 Å². The highest BCUT2D eigenvalue weighted by atomic mass is 31.2. The molecule has 2 heterocycles. The largest absolute Gasteiger partial charge is 0.469 e. The van der Waals surface area contributed by atoms with E-state index >= 15 is 0 Å². The lowest BCUT2D eigenvalue weighted by atomic mass is 9.98. The number of likely N-dealkylation sites (N-methyl/N-ethyl adjacent to an activating group) is 1. The second kappa shape index (κ2) is 12.3. The SMILES string of the molecule is CCOP(=O)(OCC)c1cc2nc(OCc3ccccc3)c(OCc3ccccc3)nc2c2c1CN(C)CC2. The molecule has 0 aliphatic carbocycles. The number of nitrogens with zero attached hydrogens (tertiary/aromatic N) is 3. The number of hydrogen-bond acceptors (Lipinski definition) is 8. The van der Waals surface area contributed by atoms with E-state index in [1.165, 1.54) is 0 Å². The second-order valence-electron chi connectivity index (χ2n) is 9.42. The van der Waals surface area contributed by atoms with Crippen molar-refractivity contribution in [2.24, 2.45) is 0 Å². The van der Waals surface area contributed by atoms with E-state index in [2.05, 4.69) is 4.90 Å². The molecule has 4 aromatic rings. The van der Waals surface area contributed by atoms with Crippen molar-refractivity contribution in [1.82, 2.24) is 14.9 Å². The van der Waals surface area contributed by atoms with E-state index in [1.807, 2.05) is 81.6 Å². The highest BCUT2D eigenvalue weighted by molar-refractivity contribution is 7.62. The van der Waals surface area contributed by atoms with E-state index in [1.54, 1.807) is 6.07 Å². The van der Waals surface area contributed by atoms with Gasteiger partial charge in [0.25, 0.3) is 11.8 Å². The normalized spacial score (nSPS) is 13.8. The van der Waals surface area contributed by atoms with Gasteiger partial charge in [0.15, 0.2) is 0 Å². The summed E-state index contributed by atoms with van der Waals surface area (Å²) in [6.07, 6.45) is 0.728. The average molecular weight is 548 g/mol. The van der Waals surface area contributed by atoms with Crippen molar-refractivity contribution in [1.29, 1.82) is 0 Å². The first-order valence-corrected chi connectivity index (χ1v) is 14.8. The van der Waals surface area contributed by atoms with E-state index in [4.69, 9.17) is 28.5 Å². The van der Waals surface area contributed by atoms with Gasteiger partial charge in [-0.15, -0.1) is 0 Å². The minimum absolute atomic E-state index is 0.267. The Bertz CT molecular complexity index is 1460. The van der Waals surface area contributed by atoms with E-state index in [-0.39, 0.29) is 19.1 Å². The summed E-state index contributed by atoms with van der Waals surface area (Å²) in [4.78, 5) is 12.0. The van der Waals surface area contributed by atoms with Crippen LogP contribution in [0.2, 0.25) is 0 Å². The van der Waals surface area contributed by atoms with Gasteiger partial charge in [-0.25, -0.2) is 9.97 Å². The third-order valence-corrected chi connectivity index (χ3v) is 8.78. The highest BCUT2D eigenvalue weighted by Gasteiger charge is 2.34. The zero-order valence-electron chi connectivity index (χ0n) is 22.6. The lowest BCUT2D eigenvalue weighted by molar-refractivity contribution is 0.229. The average Bonchev–Trinajstić information content (AvgIpc) is 2.95. The van der Waals surface area contributed by atoms with Gasteiger partial charge in [0.05, 0.1) is 29.6 Å². The number of rotatable bonds is 11. The molecule has 0 fully saturated rings. The molecule has 39 heavy (non-hydrogen) atoms. The molecule has 0 saturated heterocycles. The van der Waals surface area contributed by atoms with Gasteiger partial charge in [-0.3, -0.25) is 4.57 Å². The molecule has 0 unspecified atom stereocenters. The van der Waals surface area contributed by atoms with Gasteiger partial charge >= 0.3 is 7.60 Å². The Morgan fingerprint density at radius 1 is 0.821 bits per heavy atom. The predicted octanol–water partition coefficient (Wildman–Crippen LogP) is 5.67. The van der Waals surface area contributed by atoms with Gasteiger partial charge in [0, 0.05) is 13.1 Å². The number of ether oxygens (including phenoxy) is 2. The molecule has 0 radical (unpaired) electrons. The second-order valence-corrected chi connectivity index (χ2v) is 11.4. The molecule has 204 valence electrons.